The summed E-state index contributed by atoms with van der Waals surface area (Å²) in [7, 11) is 3.48. The number of nitrogens with one attached hydrogen (secondary N) is 4. The van der Waals surface area contributed by atoms with Gasteiger partial charge in [-0.15, -0.1) is 0 Å². The van der Waals surface area contributed by atoms with Crippen LogP contribution in [0.4, 0.5) is 37.6 Å². The summed E-state index contributed by atoms with van der Waals surface area (Å²) >= 11 is 6.61. The van der Waals surface area contributed by atoms with Gasteiger partial charge in [0.2, 0.25) is 23.5 Å². The third-order valence-corrected chi connectivity index (χ3v) is 13.1. The molecule has 302 valence electrons. The standard InChI is InChI=1S/C41H43ClF2N10O4/c1-52-29-9-6-23(15-27(29)33-34(38(52)57)58-20-41(43,44)35(49-33)21-3-4-21)47-36-28(42)17-45-39(50-36)54-18-40(19-54)13-11-22(12-14-40)46-24-5-7-25-30(16-24)53(2)51-32(25)26-8-10-31(55)48-37(26)56/h5-7,9,15-17,21-22,26,35,46,49H,3-4,8,10-14,18-20H2,1-2H3,(H,45,47,50)(H,48,55,56). The number of piperidine rings is 1. The molecule has 0 radical (unpaired) electrons. The molecule has 0 bridgehead atoms. The zero-order valence-electron chi connectivity index (χ0n) is 32.1. The van der Waals surface area contributed by atoms with Gasteiger partial charge in [0.25, 0.3) is 5.56 Å². The fourth-order valence-corrected chi connectivity index (χ4v) is 9.58. The van der Waals surface area contributed by atoms with Gasteiger partial charge in [-0.3, -0.25) is 24.4 Å². The van der Waals surface area contributed by atoms with Crippen LogP contribution in [-0.4, -0.2) is 73.8 Å². The van der Waals surface area contributed by atoms with Crippen molar-refractivity contribution in [3.05, 3.63) is 63.7 Å². The van der Waals surface area contributed by atoms with Gasteiger partial charge in [0.05, 0.1) is 40.6 Å². The average Bonchev–Trinajstić information content (AvgIpc) is 3.99. The number of alkyl halides is 2. The molecule has 2 aliphatic carbocycles. The number of imide groups is 1. The number of amides is 2. The lowest BCUT2D eigenvalue weighted by Crippen LogP contribution is -2.59. The van der Waals surface area contributed by atoms with E-state index in [0.29, 0.717) is 70.8 Å². The van der Waals surface area contributed by atoms with E-state index in [0.717, 1.165) is 55.4 Å². The first-order valence-electron chi connectivity index (χ1n) is 19.9. The zero-order chi connectivity index (χ0) is 40.1. The Morgan fingerprint density at radius 3 is 2.48 bits per heavy atom. The Kier molecular flexibility index (Phi) is 8.59. The molecule has 3 aliphatic heterocycles. The van der Waals surface area contributed by atoms with Gasteiger partial charge in [-0.05, 0) is 87.3 Å². The first kappa shape index (κ1) is 36.8. The van der Waals surface area contributed by atoms with Crippen molar-refractivity contribution in [2.24, 2.45) is 25.4 Å². The van der Waals surface area contributed by atoms with E-state index in [1.54, 1.807) is 36.1 Å². The molecule has 5 aliphatic rings. The lowest BCUT2D eigenvalue weighted by atomic mass is 9.67. The summed E-state index contributed by atoms with van der Waals surface area (Å²) in [5, 5.41) is 19.0. The second-order valence-corrected chi connectivity index (χ2v) is 17.2. The second-order valence-electron chi connectivity index (χ2n) is 16.8. The lowest BCUT2D eigenvalue weighted by molar-refractivity contribution is -0.134. The maximum absolute atomic E-state index is 15.1. The van der Waals surface area contributed by atoms with Gasteiger partial charge in [-0.2, -0.15) is 10.1 Å². The third-order valence-electron chi connectivity index (χ3n) is 12.8. The lowest BCUT2D eigenvalue weighted by Gasteiger charge is -2.53. The number of carbonyl (C=O) groups excluding carboxylic acids is 2. The Hall–Kier alpha value is -5.51. The van der Waals surface area contributed by atoms with Crippen LogP contribution in [0.5, 0.6) is 5.75 Å². The molecule has 2 saturated carbocycles. The maximum atomic E-state index is 15.1. The summed E-state index contributed by atoms with van der Waals surface area (Å²) in [4.78, 5) is 49.0. The number of anilines is 5. The highest BCUT2D eigenvalue weighted by atomic mass is 35.5. The molecule has 4 N–H and O–H groups in total. The van der Waals surface area contributed by atoms with Gasteiger partial charge < -0.3 is 30.2 Å². The van der Waals surface area contributed by atoms with Crippen LogP contribution in [-0.2, 0) is 23.7 Å². The van der Waals surface area contributed by atoms with E-state index in [1.165, 1.54) is 4.57 Å². The van der Waals surface area contributed by atoms with Crippen molar-refractivity contribution in [3.8, 4) is 5.75 Å². The highest BCUT2D eigenvalue weighted by molar-refractivity contribution is 6.33. The molecule has 2 saturated heterocycles. The molecular weight excluding hydrogens is 770 g/mol. The fraction of sp³-hybridized carbons (Fsp3) is 0.463. The maximum Gasteiger partial charge on any atom is 0.301 e. The van der Waals surface area contributed by atoms with Crippen molar-refractivity contribution >= 4 is 74.0 Å². The van der Waals surface area contributed by atoms with Gasteiger partial charge in [-0.1, -0.05) is 11.6 Å². The number of carbonyl (C=O) groups is 2. The van der Waals surface area contributed by atoms with E-state index in [9.17, 15) is 14.4 Å². The van der Waals surface area contributed by atoms with E-state index in [4.69, 9.17) is 21.3 Å². The van der Waals surface area contributed by atoms with E-state index >= 15 is 8.78 Å². The summed E-state index contributed by atoms with van der Waals surface area (Å²) in [6.45, 7) is 0.807. The number of benzene rings is 2. The molecule has 2 amide bonds. The Bertz CT molecular complexity index is 2580. The van der Waals surface area contributed by atoms with E-state index in [2.05, 4.69) is 42.3 Å². The Morgan fingerprint density at radius 2 is 1.72 bits per heavy atom. The Labute approximate surface area is 336 Å². The zero-order valence-corrected chi connectivity index (χ0v) is 32.8. The van der Waals surface area contributed by atoms with Gasteiger partial charge in [0.15, 0.2) is 12.4 Å². The number of hydrogen-bond acceptors (Lipinski definition) is 11. The minimum atomic E-state index is -3.13. The van der Waals surface area contributed by atoms with Gasteiger partial charge in [0, 0.05) is 67.2 Å². The number of aromatic nitrogens is 5. The molecule has 58 heavy (non-hydrogen) atoms. The predicted octanol–water partition coefficient (Wildman–Crippen LogP) is 6.21. The molecule has 2 unspecified atom stereocenters. The van der Waals surface area contributed by atoms with Gasteiger partial charge >= 0.3 is 5.92 Å². The largest absolute Gasteiger partial charge is 0.480 e. The molecule has 3 aromatic heterocycles. The number of ether oxygens (including phenoxy) is 1. The van der Waals surface area contributed by atoms with Crippen LogP contribution in [0.15, 0.2) is 47.4 Å². The van der Waals surface area contributed by atoms with E-state index < -0.39 is 30.0 Å². The summed E-state index contributed by atoms with van der Waals surface area (Å²) in [6.07, 6.45) is 7.90. The number of halogens is 3. The first-order chi connectivity index (χ1) is 27.8. The number of pyridine rings is 1. The van der Waals surface area contributed by atoms with Crippen LogP contribution in [0.1, 0.15) is 63.0 Å². The number of aryl methyl sites for hydroxylation is 2. The number of rotatable bonds is 7. The van der Waals surface area contributed by atoms with Crippen LogP contribution in [0, 0.1) is 11.3 Å². The number of nitrogens with zero attached hydrogens (tertiary/aromatic N) is 6. The predicted molar refractivity (Wildman–Crippen MR) is 216 cm³/mol. The van der Waals surface area contributed by atoms with Crippen LogP contribution in [0.2, 0.25) is 5.02 Å². The molecule has 17 heteroatoms. The smallest absolute Gasteiger partial charge is 0.301 e. The van der Waals surface area contributed by atoms with Crippen LogP contribution < -0.4 is 36.5 Å². The monoisotopic (exact) mass is 812 g/mol. The average molecular weight is 813 g/mol. The normalized spacial score (nSPS) is 22.8. The minimum absolute atomic E-state index is 0.109. The molecule has 4 fully saturated rings. The molecular formula is C41H43ClF2N10O4. The van der Waals surface area contributed by atoms with E-state index in [-0.39, 0.29) is 34.6 Å². The van der Waals surface area contributed by atoms with Crippen molar-refractivity contribution < 1.29 is 23.1 Å². The molecule has 1 spiro atoms. The SMILES string of the molecule is Cn1nc(C2CCC(=O)NC2=O)c2ccc(NC3CCC4(CC3)CN(c3ncc(Cl)c(Nc5ccc6c(c5)c5c(c(=O)n6C)OCC(F)(F)C(C6CC6)N5)n3)C4)cc21. The van der Waals surface area contributed by atoms with Crippen LogP contribution >= 0.6 is 11.6 Å². The highest BCUT2D eigenvalue weighted by Crippen LogP contribution is 2.47. The molecule has 5 aromatic rings. The third kappa shape index (κ3) is 6.36. The summed E-state index contributed by atoms with van der Waals surface area (Å²) in [6, 6.07) is 10.7. The van der Waals surface area contributed by atoms with Crippen LogP contribution in [0.25, 0.3) is 21.8 Å². The highest BCUT2D eigenvalue weighted by Gasteiger charge is 2.51. The minimum Gasteiger partial charge on any atom is -0.480 e. The summed E-state index contributed by atoms with van der Waals surface area (Å²) in [5.41, 5.74) is 3.81. The molecule has 2 atom stereocenters. The molecule has 14 nitrogen and oxygen atoms in total. The number of hydrogen-bond donors (Lipinski definition) is 4. The summed E-state index contributed by atoms with van der Waals surface area (Å²) in [5.74, 6) is -3.41. The van der Waals surface area contributed by atoms with Crippen LogP contribution in [0.3, 0.4) is 0 Å². The van der Waals surface area contributed by atoms with E-state index in [1.807, 2.05) is 19.2 Å². The fourth-order valence-electron chi connectivity index (χ4n) is 9.44. The quantitative estimate of drug-likeness (QED) is 0.138. The van der Waals surface area contributed by atoms with Crippen molar-refractivity contribution in [3.63, 3.8) is 0 Å². The van der Waals surface area contributed by atoms with Crippen molar-refractivity contribution in [2.45, 2.75) is 75.3 Å². The van der Waals surface area contributed by atoms with Crippen molar-refractivity contribution in [1.82, 2.24) is 29.6 Å². The molecule has 2 aromatic carbocycles. The van der Waals surface area contributed by atoms with Crippen molar-refractivity contribution in [1.29, 1.82) is 0 Å². The Morgan fingerprint density at radius 1 is 0.948 bits per heavy atom. The Balaban J connectivity index is 0.802. The number of fused-ring (bicyclic) bond motifs is 4. The summed E-state index contributed by atoms with van der Waals surface area (Å²) < 4.78 is 39.0. The van der Waals surface area contributed by atoms with Gasteiger partial charge in [0.1, 0.15) is 5.02 Å². The molecule has 6 heterocycles. The molecule has 10 rings (SSSR count). The van der Waals surface area contributed by atoms with Gasteiger partial charge in [-0.25, -0.2) is 13.8 Å². The second kappa shape index (κ2) is 13.5. The first-order valence-corrected chi connectivity index (χ1v) is 20.3. The van der Waals surface area contributed by atoms with Crippen molar-refractivity contribution in [2.75, 3.05) is 40.5 Å². The topological polar surface area (TPSA) is 160 Å².